The zero-order valence-corrected chi connectivity index (χ0v) is 13.8. The Labute approximate surface area is 131 Å². The molecule has 0 saturated carbocycles. The van der Waals surface area contributed by atoms with Crippen LogP contribution >= 0.6 is 22.7 Å². The van der Waals surface area contributed by atoms with E-state index in [1.807, 2.05) is 18.6 Å². The lowest BCUT2D eigenvalue weighted by molar-refractivity contribution is 0.862. The summed E-state index contributed by atoms with van der Waals surface area (Å²) in [5.74, 6) is 1.50. The second kappa shape index (κ2) is 5.95. The normalized spacial score (nSPS) is 12.5. The molecular formula is C14H17N5S2. The largest absolute Gasteiger partial charge is 0.360 e. The van der Waals surface area contributed by atoms with Gasteiger partial charge in [0.2, 0.25) is 5.95 Å². The lowest BCUT2D eigenvalue weighted by Gasteiger charge is -2.13. The molecule has 5 nitrogen and oxygen atoms in total. The summed E-state index contributed by atoms with van der Waals surface area (Å²) in [7, 11) is 1.84. The molecule has 0 spiro atoms. The number of nitrogens with one attached hydrogen (secondary N) is 2. The summed E-state index contributed by atoms with van der Waals surface area (Å²) in [6.07, 6.45) is 2.84. The van der Waals surface area contributed by atoms with Crippen LogP contribution in [0.5, 0.6) is 0 Å². The predicted octanol–water partition coefficient (Wildman–Crippen LogP) is 3.93. The fraction of sp³-hybridized carbons (Fsp3) is 0.357. The van der Waals surface area contributed by atoms with E-state index in [0.29, 0.717) is 5.95 Å². The lowest BCUT2D eigenvalue weighted by atomic mass is 10.3. The van der Waals surface area contributed by atoms with Gasteiger partial charge in [-0.2, -0.15) is 4.98 Å². The number of thiazole rings is 1. The summed E-state index contributed by atoms with van der Waals surface area (Å²) in [5.41, 5.74) is 0. The van der Waals surface area contributed by atoms with Crippen molar-refractivity contribution in [3.05, 3.63) is 27.5 Å². The van der Waals surface area contributed by atoms with Crippen LogP contribution in [0.3, 0.4) is 0 Å². The van der Waals surface area contributed by atoms with Crippen LogP contribution in [0.2, 0.25) is 0 Å². The molecule has 3 aromatic rings. The Morgan fingerprint density at radius 2 is 2.19 bits per heavy atom. The minimum absolute atomic E-state index is 0.123. The molecule has 0 radical (unpaired) electrons. The van der Waals surface area contributed by atoms with Crippen LogP contribution in [0, 0.1) is 0 Å². The van der Waals surface area contributed by atoms with E-state index in [1.54, 1.807) is 22.7 Å². The highest BCUT2D eigenvalue weighted by atomic mass is 32.1. The molecule has 0 aliphatic carbocycles. The number of nitrogens with zero attached hydrogens (tertiary/aromatic N) is 3. The Balaban J connectivity index is 2.01. The second-order valence-electron chi connectivity index (χ2n) is 4.67. The predicted molar refractivity (Wildman–Crippen MR) is 90.5 cm³/mol. The van der Waals surface area contributed by atoms with E-state index in [0.717, 1.165) is 27.5 Å². The van der Waals surface area contributed by atoms with Crippen molar-refractivity contribution in [1.29, 1.82) is 0 Å². The van der Waals surface area contributed by atoms with Crippen molar-refractivity contribution in [1.82, 2.24) is 15.0 Å². The molecular weight excluding hydrogens is 302 g/mol. The Morgan fingerprint density at radius 3 is 2.86 bits per heavy atom. The van der Waals surface area contributed by atoms with Crippen molar-refractivity contribution in [3.63, 3.8) is 0 Å². The van der Waals surface area contributed by atoms with Crippen LogP contribution in [0.4, 0.5) is 11.8 Å². The summed E-state index contributed by atoms with van der Waals surface area (Å²) in [6, 6.07) is 2.30. The minimum Gasteiger partial charge on any atom is -0.360 e. The van der Waals surface area contributed by atoms with Crippen LogP contribution in [0.1, 0.15) is 29.8 Å². The van der Waals surface area contributed by atoms with Crippen LogP contribution in [-0.4, -0.2) is 22.0 Å². The molecule has 21 heavy (non-hydrogen) atoms. The van der Waals surface area contributed by atoms with Gasteiger partial charge >= 0.3 is 0 Å². The fourth-order valence-electron chi connectivity index (χ4n) is 2.08. The number of hydrogen-bond donors (Lipinski definition) is 2. The first-order valence-electron chi connectivity index (χ1n) is 6.85. The van der Waals surface area contributed by atoms with E-state index < -0.39 is 0 Å². The highest BCUT2D eigenvalue weighted by molar-refractivity contribution is 7.18. The van der Waals surface area contributed by atoms with Crippen molar-refractivity contribution < 1.29 is 0 Å². The fourth-order valence-corrected chi connectivity index (χ4v) is 3.70. The van der Waals surface area contributed by atoms with Crippen LogP contribution in [0.15, 0.2) is 17.6 Å². The van der Waals surface area contributed by atoms with Gasteiger partial charge in [-0.15, -0.1) is 22.7 Å². The third-order valence-electron chi connectivity index (χ3n) is 3.19. The molecule has 7 heteroatoms. The van der Waals surface area contributed by atoms with Crippen LogP contribution in [0.25, 0.3) is 10.2 Å². The molecule has 0 bridgehead atoms. The van der Waals surface area contributed by atoms with Gasteiger partial charge in [-0.05, 0) is 19.4 Å². The first-order valence-corrected chi connectivity index (χ1v) is 8.55. The molecule has 3 rings (SSSR count). The minimum atomic E-state index is 0.123. The molecule has 0 aliphatic heterocycles. The van der Waals surface area contributed by atoms with E-state index in [-0.39, 0.29) is 6.04 Å². The Bertz CT molecular complexity index is 735. The number of aromatic nitrogens is 3. The van der Waals surface area contributed by atoms with Gasteiger partial charge in [-0.1, -0.05) is 6.92 Å². The SMILES string of the molecule is CCc1cc2c(NC(C)c3nccs3)nc(NC)nc2s1. The molecule has 0 aromatic carbocycles. The van der Waals surface area contributed by atoms with Gasteiger partial charge in [0, 0.05) is 23.5 Å². The van der Waals surface area contributed by atoms with E-state index in [2.05, 4.69) is 45.5 Å². The highest BCUT2D eigenvalue weighted by Gasteiger charge is 2.14. The number of anilines is 2. The standard InChI is InChI=1S/C14H17N5S2/c1-4-9-7-10-11(17-8(2)12-16-5-6-20-12)18-14(15-3)19-13(10)21-9/h5-8H,4H2,1-3H3,(H2,15,17,18,19). The maximum Gasteiger partial charge on any atom is 0.225 e. The molecule has 110 valence electrons. The molecule has 3 heterocycles. The maximum absolute atomic E-state index is 4.57. The van der Waals surface area contributed by atoms with E-state index in [4.69, 9.17) is 0 Å². The quantitative estimate of drug-likeness (QED) is 0.746. The molecule has 1 unspecified atom stereocenters. The van der Waals surface area contributed by atoms with Gasteiger partial charge in [0.15, 0.2) is 0 Å². The third kappa shape index (κ3) is 2.84. The number of aryl methyl sites for hydroxylation is 1. The molecule has 2 N–H and O–H groups in total. The van der Waals surface area contributed by atoms with E-state index >= 15 is 0 Å². The average molecular weight is 319 g/mol. The van der Waals surface area contributed by atoms with Crippen LogP contribution in [-0.2, 0) is 6.42 Å². The third-order valence-corrected chi connectivity index (χ3v) is 5.32. The molecule has 0 amide bonds. The van der Waals surface area contributed by atoms with Crippen molar-refractivity contribution in [2.24, 2.45) is 0 Å². The summed E-state index contributed by atoms with van der Waals surface area (Å²) >= 11 is 3.37. The monoisotopic (exact) mass is 319 g/mol. The molecule has 1 atom stereocenters. The van der Waals surface area contributed by atoms with E-state index in [1.165, 1.54) is 4.88 Å². The zero-order valence-electron chi connectivity index (χ0n) is 12.2. The summed E-state index contributed by atoms with van der Waals surface area (Å²) in [6.45, 7) is 4.25. The topological polar surface area (TPSA) is 62.7 Å². The van der Waals surface area contributed by atoms with Crippen molar-refractivity contribution in [2.75, 3.05) is 17.7 Å². The number of thiophene rings is 1. The highest BCUT2D eigenvalue weighted by Crippen LogP contribution is 2.32. The number of hydrogen-bond acceptors (Lipinski definition) is 7. The molecule has 3 aromatic heterocycles. The maximum atomic E-state index is 4.57. The first kappa shape index (κ1) is 14.2. The van der Waals surface area contributed by atoms with Crippen molar-refractivity contribution in [2.45, 2.75) is 26.3 Å². The Kier molecular flexibility index (Phi) is 4.03. The summed E-state index contributed by atoms with van der Waals surface area (Å²) < 4.78 is 0. The van der Waals surface area contributed by atoms with E-state index in [9.17, 15) is 0 Å². The molecule has 0 saturated heterocycles. The van der Waals surface area contributed by atoms with Gasteiger partial charge in [0.1, 0.15) is 15.7 Å². The number of rotatable bonds is 5. The van der Waals surface area contributed by atoms with Gasteiger partial charge in [0.25, 0.3) is 0 Å². The number of fused-ring (bicyclic) bond motifs is 1. The lowest BCUT2D eigenvalue weighted by Crippen LogP contribution is -2.09. The van der Waals surface area contributed by atoms with Gasteiger partial charge in [-0.3, -0.25) is 0 Å². The Morgan fingerprint density at radius 1 is 1.33 bits per heavy atom. The molecule has 0 aliphatic rings. The van der Waals surface area contributed by atoms with Crippen molar-refractivity contribution in [3.8, 4) is 0 Å². The Hall–Kier alpha value is -1.73. The first-order chi connectivity index (χ1) is 10.2. The van der Waals surface area contributed by atoms with Gasteiger partial charge < -0.3 is 10.6 Å². The average Bonchev–Trinajstić information content (AvgIpc) is 3.15. The summed E-state index contributed by atoms with van der Waals surface area (Å²) in [4.78, 5) is 15.8. The summed E-state index contributed by atoms with van der Waals surface area (Å²) in [5, 5.41) is 10.6. The molecule has 0 fully saturated rings. The smallest absolute Gasteiger partial charge is 0.225 e. The van der Waals surface area contributed by atoms with Crippen LogP contribution < -0.4 is 10.6 Å². The van der Waals surface area contributed by atoms with Crippen molar-refractivity contribution >= 4 is 44.7 Å². The zero-order chi connectivity index (χ0) is 14.8. The second-order valence-corrected chi connectivity index (χ2v) is 6.71. The van der Waals surface area contributed by atoms with Gasteiger partial charge in [0.05, 0.1) is 11.4 Å². The van der Waals surface area contributed by atoms with Gasteiger partial charge in [-0.25, -0.2) is 9.97 Å².